The Morgan fingerprint density at radius 1 is 1.19 bits per heavy atom. The first-order valence-corrected chi connectivity index (χ1v) is 10.1. The maximum atomic E-state index is 12.7. The minimum absolute atomic E-state index is 0.171. The second kappa shape index (κ2) is 7.80. The number of aryl methyl sites for hydroxylation is 1. The molecule has 2 aromatic rings. The molecular weight excluding hydrogens is 348 g/mol. The van der Waals surface area contributed by atoms with Gasteiger partial charge in [0.05, 0.1) is 5.75 Å². The van der Waals surface area contributed by atoms with Gasteiger partial charge in [0.2, 0.25) is 11.8 Å². The highest BCUT2D eigenvalue weighted by Gasteiger charge is 2.36. The molecule has 3 fully saturated rings. The van der Waals surface area contributed by atoms with E-state index in [0.29, 0.717) is 28.8 Å². The molecule has 3 aliphatic heterocycles. The lowest BCUT2D eigenvalue weighted by molar-refractivity contribution is -0.128. The summed E-state index contributed by atoms with van der Waals surface area (Å²) in [5.41, 5.74) is 1.35. The van der Waals surface area contributed by atoms with Gasteiger partial charge in [-0.1, -0.05) is 42.1 Å². The van der Waals surface area contributed by atoms with E-state index < -0.39 is 0 Å². The first kappa shape index (κ1) is 17.5. The number of rotatable bonds is 5. The molecule has 0 unspecified atom stereocenters. The molecule has 6 nitrogen and oxygen atoms in total. The van der Waals surface area contributed by atoms with Gasteiger partial charge >= 0.3 is 0 Å². The van der Waals surface area contributed by atoms with E-state index in [1.54, 1.807) is 6.92 Å². The summed E-state index contributed by atoms with van der Waals surface area (Å²) in [5.74, 6) is 1.63. The molecule has 3 saturated heterocycles. The van der Waals surface area contributed by atoms with Crippen molar-refractivity contribution >= 4 is 17.7 Å². The Morgan fingerprint density at radius 2 is 2.04 bits per heavy atom. The number of carbonyl (C=O) groups excluding carboxylic acids is 1. The number of nitrogens with zero attached hydrogens (tertiary/aromatic N) is 4. The van der Waals surface area contributed by atoms with Crippen molar-refractivity contribution in [3.63, 3.8) is 0 Å². The van der Waals surface area contributed by atoms with Crippen molar-refractivity contribution in [3.8, 4) is 0 Å². The van der Waals surface area contributed by atoms with Crippen LogP contribution < -0.4 is 0 Å². The number of aromatic nitrogens is 2. The molecule has 2 bridgehead atoms. The first-order chi connectivity index (χ1) is 12.7. The normalized spacial score (nSPS) is 23.2. The Bertz CT molecular complexity index is 751. The minimum atomic E-state index is 0.171. The summed E-state index contributed by atoms with van der Waals surface area (Å²) in [5, 5.41) is 8.23. The van der Waals surface area contributed by atoms with Crippen LogP contribution in [0.1, 0.15) is 24.3 Å². The molecular formula is C19H24N4O2S. The maximum Gasteiger partial charge on any atom is 0.277 e. The van der Waals surface area contributed by atoms with Gasteiger partial charge < -0.3 is 9.32 Å². The monoisotopic (exact) mass is 372 g/mol. The van der Waals surface area contributed by atoms with Gasteiger partial charge in [-0.05, 0) is 24.3 Å². The van der Waals surface area contributed by atoms with Crippen LogP contribution in [0, 0.1) is 12.8 Å². The summed E-state index contributed by atoms with van der Waals surface area (Å²) in [6, 6.07) is 11.1. The molecule has 0 N–H and O–H groups in total. The Labute approximate surface area is 157 Å². The molecule has 0 radical (unpaired) electrons. The molecule has 4 heterocycles. The summed E-state index contributed by atoms with van der Waals surface area (Å²) >= 11 is 1.33. The summed E-state index contributed by atoms with van der Waals surface area (Å²) in [7, 11) is 0. The third-order valence-electron chi connectivity index (χ3n) is 5.23. The van der Waals surface area contributed by atoms with Crippen molar-refractivity contribution in [3.05, 3.63) is 41.8 Å². The second-order valence-electron chi connectivity index (χ2n) is 7.19. The predicted molar refractivity (Wildman–Crippen MR) is 99.7 cm³/mol. The number of thioether (sulfide) groups is 1. The van der Waals surface area contributed by atoms with Crippen molar-refractivity contribution in [1.29, 1.82) is 0 Å². The van der Waals surface area contributed by atoms with Crippen molar-refractivity contribution < 1.29 is 9.21 Å². The van der Waals surface area contributed by atoms with Crippen LogP contribution in [0.15, 0.2) is 40.0 Å². The van der Waals surface area contributed by atoms with Gasteiger partial charge in [0.25, 0.3) is 5.22 Å². The zero-order valence-electron chi connectivity index (χ0n) is 15.0. The van der Waals surface area contributed by atoms with E-state index >= 15 is 0 Å². The molecule has 5 rings (SSSR count). The predicted octanol–water partition coefficient (Wildman–Crippen LogP) is 2.59. The zero-order chi connectivity index (χ0) is 17.9. The van der Waals surface area contributed by atoms with Crippen LogP contribution in [-0.2, 0) is 11.3 Å². The van der Waals surface area contributed by atoms with Crippen LogP contribution >= 0.6 is 11.8 Å². The largest absolute Gasteiger partial charge is 0.416 e. The SMILES string of the molecule is Cc1nnc(SCC(=O)N2C[C@H]3CC[C@@H](C2)N(Cc2ccccc2)C3)o1. The summed E-state index contributed by atoms with van der Waals surface area (Å²) in [6.45, 7) is 5.50. The molecule has 7 heteroatoms. The third-order valence-corrected chi connectivity index (χ3v) is 6.04. The van der Waals surface area contributed by atoms with Crippen LogP contribution in [-0.4, -0.2) is 57.3 Å². The van der Waals surface area contributed by atoms with E-state index in [-0.39, 0.29) is 5.91 Å². The number of hydrogen-bond acceptors (Lipinski definition) is 6. The van der Waals surface area contributed by atoms with Crippen molar-refractivity contribution in [2.75, 3.05) is 25.4 Å². The summed E-state index contributed by atoms with van der Waals surface area (Å²) in [4.78, 5) is 17.3. The third kappa shape index (κ3) is 4.10. The fourth-order valence-corrected chi connectivity index (χ4v) is 4.65. The zero-order valence-corrected chi connectivity index (χ0v) is 15.8. The molecule has 0 saturated carbocycles. The van der Waals surface area contributed by atoms with E-state index in [1.807, 2.05) is 4.90 Å². The molecule has 26 heavy (non-hydrogen) atoms. The average Bonchev–Trinajstić information content (AvgIpc) is 2.87. The number of hydrogen-bond donors (Lipinski definition) is 0. The molecule has 0 spiro atoms. The Balaban J connectivity index is 1.37. The van der Waals surface area contributed by atoms with Crippen LogP contribution in [0.2, 0.25) is 0 Å². The number of piperidine rings is 1. The fraction of sp³-hybridized carbons (Fsp3) is 0.526. The van der Waals surface area contributed by atoms with Crippen LogP contribution in [0.25, 0.3) is 0 Å². The van der Waals surface area contributed by atoms with E-state index in [4.69, 9.17) is 4.42 Å². The van der Waals surface area contributed by atoms with Crippen molar-refractivity contribution in [1.82, 2.24) is 20.0 Å². The molecule has 0 aliphatic carbocycles. The maximum absolute atomic E-state index is 12.7. The average molecular weight is 372 g/mol. The number of carbonyl (C=O) groups is 1. The van der Waals surface area contributed by atoms with E-state index in [2.05, 4.69) is 45.4 Å². The van der Waals surface area contributed by atoms with E-state index in [1.165, 1.54) is 30.2 Å². The van der Waals surface area contributed by atoms with Crippen LogP contribution in [0.3, 0.4) is 0 Å². The van der Waals surface area contributed by atoms with Gasteiger partial charge in [-0.15, -0.1) is 10.2 Å². The van der Waals surface area contributed by atoms with Gasteiger partial charge in [0.15, 0.2) is 0 Å². The van der Waals surface area contributed by atoms with Gasteiger partial charge in [-0.3, -0.25) is 9.69 Å². The minimum Gasteiger partial charge on any atom is -0.416 e. The lowest BCUT2D eigenvalue weighted by Gasteiger charge is -2.36. The van der Waals surface area contributed by atoms with E-state index in [9.17, 15) is 4.79 Å². The Hall–Kier alpha value is -1.86. The van der Waals surface area contributed by atoms with E-state index in [0.717, 1.165) is 26.2 Å². The standard InChI is InChI=1S/C19H24N4O2S/c1-14-20-21-19(25-14)26-13-18(24)23-11-16-7-8-17(12-23)22(10-16)9-15-5-3-2-4-6-15/h2-6,16-17H,7-13H2,1H3/t16-,17-/m0/s1. The highest BCUT2D eigenvalue weighted by atomic mass is 32.2. The number of benzene rings is 1. The Kier molecular flexibility index (Phi) is 5.26. The first-order valence-electron chi connectivity index (χ1n) is 9.16. The van der Waals surface area contributed by atoms with Gasteiger partial charge in [0.1, 0.15) is 0 Å². The van der Waals surface area contributed by atoms with Crippen molar-refractivity contribution in [2.45, 2.75) is 37.6 Å². The Morgan fingerprint density at radius 3 is 2.81 bits per heavy atom. The number of amides is 1. The molecule has 1 amide bonds. The molecule has 2 atom stereocenters. The molecule has 138 valence electrons. The second-order valence-corrected chi connectivity index (χ2v) is 8.11. The quantitative estimate of drug-likeness (QED) is 0.752. The summed E-state index contributed by atoms with van der Waals surface area (Å²) < 4.78 is 5.35. The smallest absolute Gasteiger partial charge is 0.277 e. The van der Waals surface area contributed by atoms with Crippen LogP contribution in [0.5, 0.6) is 0 Å². The van der Waals surface area contributed by atoms with Crippen LogP contribution in [0.4, 0.5) is 0 Å². The number of fused-ring (bicyclic) bond motifs is 4. The lowest BCUT2D eigenvalue weighted by atomic mass is 9.94. The molecule has 1 aromatic heterocycles. The van der Waals surface area contributed by atoms with Gasteiger partial charge in [-0.2, -0.15) is 0 Å². The molecule has 3 aliphatic rings. The van der Waals surface area contributed by atoms with Gasteiger partial charge in [0, 0.05) is 39.1 Å². The topological polar surface area (TPSA) is 62.5 Å². The lowest BCUT2D eigenvalue weighted by Crippen LogP contribution is -2.44. The molecule has 1 aromatic carbocycles. The fourth-order valence-electron chi connectivity index (χ4n) is 3.95. The highest BCUT2D eigenvalue weighted by Crippen LogP contribution is 2.30. The van der Waals surface area contributed by atoms with Gasteiger partial charge in [-0.25, -0.2) is 0 Å². The summed E-state index contributed by atoms with van der Waals surface area (Å²) in [6.07, 6.45) is 2.40. The van der Waals surface area contributed by atoms with Crippen molar-refractivity contribution in [2.24, 2.45) is 5.92 Å². The highest BCUT2D eigenvalue weighted by molar-refractivity contribution is 7.99.